The summed E-state index contributed by atoms with van der Waals surface area (Å²) in [6.45, 7) is 19.9. The number of nitrogens with one attached hydrogen (secondary N) is 1. The van der Waals surface area contributed by atoms with Crippen LogP contribution in [0.1, 0.15) is 126 Å². The van der Waals surface area contributed by atoms with E-state index in [0.29, 0.717) is 42.1 Å². The molecule has 0 saturated heterocycles. The van der Waals surface area contributed by atoms with Gasteiger partial charge in [-0.1, -0.05) is 55.4 Å². The molecule has 5 heteroatoms. The van der Waals surface area contributed by atoms with Crippen LogP contribution in [0.25, 0.3) is 0 Å². The van der Waals surface area contributed by atoms with Crippen LogP contribution in [0.2, 0.25) is 0 Å². The zero-order valence-corrected chi connectivity index (χ0v) is 26.2. The lowest BCUT2D eigenvalue weighted by molar-refractivity contribution is -0.249. The van der Waals surface area contributed by atoms with Crippen LogP contribution < -0.4 is 5.32 Å². The van der Waals surface area contributed by atoms with Crippen molar-refractivity contribution in [2.24, 2.45) is 62.6 Å². The third kappa shape index (κ3) is 3.97. The van der Waals surface area contributed by atoms with Crippen molar-refractivity contribution < 1.29 is 19.4 Å². The molecule has 0 aliphatic heterocycles. The standard InChI is InChI=1S/C34H57NO4/c1-9-20-35-29(38)39-26-14-15-31(6)24(30(26,4)5)13-16-33(8)25(31)11-10-23-27-22(21(2)3)12-17-34(27,28(36)37)19-18-32(23,33)7/h21-27H,9-20H2,1-8H3,(H,35,38)(H,36,37)/t22-,23+,24-,25+,26+,27+,31-,32+,33+,34-/m0/s1. The number of hydrogen-bond acceptors (Lipinski definition) is 3. The van der Waals surface area contributed by atoms with Crippen molar-refractivity contribution in [2.45, 2.75) is 132 Å². The maximum Gasteiger partial charge on any atom is 0.407 e. The van der Waals surface area contributed by atoms with Crippen LogP contribution in [0.5, 0.6) is 0 Å². The van der Waals surface area contributed by atoms with Gasteiger partial charge in [-0.3, -0.25) is 4.79 Å². The molecule has 5 fully saturated rings. The van der Waals surface area contributed by atoms with Crippen molar-refractivity contribution in [3.05, 3.63) is 0 Å². The van der Waals surface area contributed by atoms with Gasteiger partial charge in [0.1, 0.15) is 6.10 Å². The molecule has 222 valence electrons. The smallest absolute Gasteiger partial charge is 0.407 e. The van der Waals surface area contributed by atoms with Gasteiger partial charge < -0.3 is 15.2 Å². The van der Waals surface area contributed by atoms with Gasteiger partial charge >= 0.3 is 12.1 Å². The third-order valence-corrected chi connectivity index (χ3v) is 14.5. The molecule has 2 N–H and O–H groups in total. The second-order valence-corrected chi connectivity index (χ2v) is 16.3. The number of aliphatic carboxylic acids is 1. The predicted molar refractivity (Wildman–Crippen MR) is 155 cm³/mol. The molecule has 0 radical (unpaired) electrons. The fourth-order valence-electron chi connectivity index (χ4n) is 12.3. The number of hydrogen-bond donors (Lipinski definition) is 2. The van der Waals surface area contributed by atoms with E-state index in [-0.39, 0.29) is 33.9 Å². The summed E-state index contributed by atoms with van der Waals surface area (Å²) >= 11 is 0. The first kappa shape index (κ1) is 29.2. The zero-order valence-electron chi connectivity index (χ0n) is 26.2. The van der Waals surface area contributed by atoms with Gasteiger partial charge in [0.05, 0.1) is 5.41 Å². The predicted octanol–water partition coefficient (Wildman–Crippen LogP) is 8.31. The van der Waals surface area contributed by atoms with Gasteiger partial charge in [0.15, 0.2) is 0 Å². The van der Waals surface area contributed by atoms with Gasteiger partial charge in [-0.25, -0.2) is 4.79 Å². The minimum atomic E-state index is -0.510. The van der Waals surface area contributed by atoms with E-state index in [2.05, 4.69) is 60.7 Å². The lowest BCUT2D eigenvalue weighted by atomic mass is 9.32. The van der Waals surface area contributed by atoms with Crippen LogP contribution in [-0.2, 0) is 9.53 Å². The molecular formula is C34H57NO4. The van der Waals surface area contributed by atoms with Gasteiger partial charge in [-0.15, -0.1) is 0 Å². The molecule has 5 rings (SSSR count). The molecule has 5 saturated carbocycles. The van der Waals surface area contributed by atoms with Crippen LogP contribution in [-0.4, -0.2) is 29.8 Å². The van der Waals surface area contributed by atoms with Crippen molar-refractivity contribution in [3.8, 4) is 0 Å². The van der Waals surface area contributed by atoms with Crippen LogP contribution in [0.4, 0.5) is 4.79 Å². The summed E-state index contributed by atoms with van der Waals surface area (Å²) in [6, 6.07) is 0. The molecule has 0 bridgehead atoms. The summed E-state index contributed by atoms with van der Waals surface area (Å²) in [7, 11) is 0. The number of carboxylic acids is 1. The molecule has 5 nitrogen and oxygen atoms in total. The molecule has 1 amide bonds. The Morgan fingerprint density at radius 1 is 0.872 bits per heavy atom. The normalized spacial score (nSPS) is 48.3. The largest absolute Gasteiger partial charge is 0.481 e. The highest BCUT2D eigenvalue weighted by Gasteiger charge is 2.72. The Bertz CT molecular complexity index is 976. The molecule has 0 heterocycles. The van der Waals surface area contributed by atoms with E-state index >= 15 is 0 Å². The van der Waals surface area contributed by atoms with Crippen LogP contribution in [0.3, 0.4) is 0 Å². The second kappa shape index (κ2) is 9.65. The first-order valence-corrected chi connectivity index (χ1v) is 16.4. The highest BCUT2D eigenvalue weighted by molar-refractivity contribution is 5.76. The average Bonchev–Trinajstić information content (AvgIpc) is 3.26. The first-order valence-electron chi connectivity index (χ1n) is 16.4. The van der Waals surface area contributed by atoms with Gasteiger partial charge in [-0.05, 0) is 122 Å². The number of carbonyl (C=O) groups is 2. The van der Waals surface area contributed by atoms with Crippen molar-refractivity contribution in [1.29, 1.82) is 0 Å². The monoisotopic (exact) mass is 543 g/mol. The van der Waals surface area contributed by atoms with Crippen molar-refractivity contribution in [2.75, 3.05) is 6.54 Å². The van der Waals surface area contributed by atoms with E-state index in [0.717, 1.165) is 44.9 Å². The number of rotatable bonds is 5. The molecule has 0 aromatic rings. The Labute approximate surface area is 238 Å². The Balaban J connectivity index is 1.45. The average molecular weight is 544 g/mol. The zero-order chi connectivity index (χ0) is 28.6. The van der Waals surface area contributed by atoms with Crippen molar-refractivity contribution >= 4 is 12.1 Å². The Morgan fingerprint density at radius 2 is 1.59 bits per heavy atom. The quantitative estimate of drug-likeness (QED) is 0.366. The first-order chi connectivity index (χ1) is 18.2. The summed E-state index contributed by atoms with van der Waals surface area (Å²) in [6.07, 6.45) is 11.3. The Kier molecular flexibility index (Phi) is 7.23. The highest BCUT2D eigenvalue weighted by atomic mass is 16.6. The van der Waals surface area contributed by atoms with E-state index in [1.54, 1.807) is 0 Å². The molecule has 0 unspecified atom stereocenters. The minimum absolute atomic E-state index is 0.0418. The molecule has 0 aromatic carbocycles. The maximum absolute atomic E-state index is 12.9. The van der Waals surface area contributed by atoms with Gasteiger partial charge in [-0.2, -0.15) is 0 Å². The number of alkyl carbamates (subject to hydrolysis) is 1. The molecular weight excluding hydrogens is 486 g/mol. The number of ether oxygens (including phenoxy) is 1. The molecule has 0 aromatic heterocycles. The molecule has 5 aliphatic carbocycles. The van der Waals surface area contributed by atoms with Gasteiger partial charge in [0.2, 0.25) is 0 Å². The highest BCUT2D eigenvalue weighted by Crippen LogP contribution is 2.77. The summed E-state index contributed by atoms with van der Waals surface area (Å²) in [5, 5.41) is 13.5. The summed E-state index contributed by atoms with van der Waals surface area (Å²) in [5.41, 5.74) is 0.0629. The SMILES string of the molecule is CCCNC(=O)O[C@@H]1CC[C@]2(C)[C@H]3CC[C@@H]4[C@H]5[C@H](C(C)C)CC[C@]5(C(=O)O)CC[C@@]4(C)[C@]3(C)CC[C@H]2C1(C)C. The van der Waals surface area contributed by atoms with Crippen molar-refractivity contribution in [3.63, 3.8) is 0 Å². The summed E-state index contributed by atoms with van der Waals surface area (Å²) in [5.74, 6) is 2.55. The van der Waals surface area contributed by atoms with E-state index < -0.39 is 11.4 Å². The maximum atomic E-state index is 12.9. The van der Waals surface area contributed by atoms with E-state index in [1.807, 2.05) is 0 Å². The molecule has 39 heavy (non-hydrogen) atoms. The lowest BCUT2D eigenvalue weighted by Crippen LogP contribution is -2.67. The number of amides is 1. The number of carboxylic acid groups (broad SMARTS) is 1. The summed E-state index contributed by atoms with van der Waals surface area (Å²) in [4.78, 5) is 25.4. The van der Waals surface area contributed by atoms with Crippen LogP contribution in [0, 0.1) is 62.6 Å². The van der Waals surface area contributed by atoms with Crippen LogP contribution in [0.15, 0.2) is 0 Å². The van der Waals surface area contributed by atoms with Gasteiger partial charge in [0.25, 0.3) is 0 Å². The third-order valence-electron chi connectivity index (χ3n) is 14.5. The molecule has 0 spiro atoms. The number of fused-ring (bicyclic) bond motifs is 7. The molecule has 5 aliphatic rings. The van der Waals surface area contributed by atoms with E-state index in [1.165, 1.54) is 25.7 Å². The van der Waals surface area contributed by atoms with Crippen LogP contribution >= 0.6 is 0 Å². The Morgan fingerprint density at radius 3 is 2.23 bits per heavy atom. The topological polar surface area (TPSA) is 75.6 Å². The lowest BCUT2D eigenvalue weighted by Gasteiger charge is -2.72. The minimum Gasteiger partial charge on any atom is -0.481 e. The number of carbonyl (C=O) groups excluding carboxylic acids is 1. The van der Waals surface area contributed by atoms with E-state index in [9.17, 15) is 14.7 Å². The van der Waals surface area contributed by atoms with Crippen molar-refractivity contribution in [1.82, 2.24) is 5.32 Å². The Hall–Kier alpha value is -1.26. The summed E-state index contributed by atoms with van der Waals surface area (Å²) < 4.78 is 6.08. The van der Waals surface area contributed by atoms with E-state index in [4.69, 9.17) is 4.74 Å². The second-order valence-electron chi connectivity index (χ2n) is 16.3. The molecule has 10 atom stereocenters. The fourth-order valence-corrected chi connectivity index (χ4v) is 12.3. The van der Waals surface area contributed by atoms with Gasteiger partial charge in [0, 0.05) is 12.0 Å². The fraction of sp³-hybridized carbons (Fsp3) is 0.941.